The Morgan fingerprint density at radius 3 is 2.33 bits per heavy atom. The zero-order valence-corrected chi connectivity index (χ0v) is 29.0. The Bertz CT molecular complexity index is 1910. The molecule has 2 aliphatic heterocycles. The van der Waals surface area contributed by atoms with Gasteiger partial charge in [0.15, 0.2) is 0 Å². The number of benzene rings is 3. The molecule has 1 aliphatic carbocycles. The molecule has 1 unspecified atom stereocenters. The zero-order chi connectivity index (χ0) is 33.6. The molecular formula is C37H43ClFN5O3S. The maximum Gasteiger partial charge on any atom is 0.253 e. The maximum absolute atomic E-state index is 14.5. The van der Waals surface area contributed by atoms with Crippen molar-refractivity contribution in [3.63, 3.8) is 0 Å². The van der Waals surface area contributed by atoms with Crippen molar-refractivity contribution in [3.05, 3.63) is 94.5 Å². The molecule has 3 aliphatic rings. The first-order valence-corrected chi connectivity index (χ1v) is 18.9. The van der Waals surface area contributed by atoms with E-state index in [1.54, 1.807) is 0 Å². The van der Waals surface area contributed by atoms with Gasteiger partial charge in [0.05, 0.1) is 21.6 Å². The van der Waals surface area contributed by atoms with Crippen molar-refractivity contribution in [3.8, 4) is 0 Å². The van der Waals surface area contributed by atoms with Crippen molar-refractivity contribution >= 4 is 38.6 Å². The largest absolute Gasteiger partial charge is 0.349 e. The molecule has 3 aromatic carbocycles. The monoisotopic (exact) mass is 691 g/mol. The van der Waals surface area contributed by atoms with E-state index in [-0.39, 0.29) is 22.0 Å². The average Bonchev–Trinajstić information content (AvgIpc) is 3.54. The van der Waals surface area contributed by atoms with Crippen LogP contribution in [0.4, 0.5) is 4.39 Å². The number of halogens is 2. The highest BCUT2D eigenvalue weighted by Gasteiger charge is 2.44. The van der Waals surface area contributed by atoms with Gasteiger partial charge in [0.25, 0.3) is 5.91 Å². The minimum absolute atomic E-state index is 0.00250. The quantitative estimate of drug-likeness (QED) is 0.199. The van der Waals surface area contributed by atoms with E-state index in [1.807, 2.05) is 0 Å². The highest BCUT2D eigenvalue weighted by Crippen LogP contribution is 2.46. The fraction of sp³-hybridized carbons (Fsp3) is 0.459. The Morgan fingerprint density at radius 2 is 1.65 bits per heavy atom. The number of imidazole rings is 1. The number of nitrogens with one attached hydrogen (secondary N) is 2. The van der Waals surface area contributed by atoms with Crippen LogP contribution in [-0.2, 0) is 15.4 Å². The molecule has 0 radical (unpaired) electrons. The third-order valence-corrected chi connectivity index (χ3v) is 13.1. The van der Waals surface area contributed by atoms with Gasteiger partial charge in [-0.3, -0.25) is 9.69 Å². The summed E-state index contributed by atoms with van der Waals surface area (Å²) in [6.07, 6.45) is 9.23. The van der Waals surface area contributed by atoms with Crippen molar-refractivity contribution in [1.29, 1.82) is 0 Å². The van der Waals surface area contributed by atoms with Gasteiger partial charge in [0, 0.05) is 24.2 Å². The molecule has 0 spiro atoms. The lowest BCUT2D eigenvalue weighted by Crippen LogP contribution is -2.47. The van der Waals surface area contributed by atoms with Crippen molar-refractivity contribution in [1.82, 2.24) is 24.5 Å². The molecule has 1 amide bonds. The SMILES string of the molecule is CNS(=O)(=O)c1cc(C(=O)NC2CCC(CCN3[C@@H]4CC[C@H]3CC(n3c(C)nc5ccccc53)C4)(c3ccccc3)CC2)c(Cl)cc1F. The Balaban J connectivity index is 1.04. The molecule has 3 fully saturated rings. The second-order valence-electron chi connectivity index (χ2n) is 13.9. The number of sulfonamides is 1. The van der Waals surface area contributed by atoms with Crippen LogP contribution in [0.15, 0.2) is 71.6 Å². The second-order valence-corrected chi connectivity index (χ2v) is 16.1. The van der Waals surface area contributed by atoms with Gasteiger partial charge in [-0.25, -0.2) is 22.5 Å². The number of hydrogen-bond acceptors (Lipinski definition) is 5. The van der Waals surface area contributed by atoms with Crippen LogP contribution >= 0.6 is 11.6 Å². The molecule has 2 saturated heterocycles. The summed E-state index contributed by atoms with van der Waals surface area (Å²) < 4.78 is 43.7. The number of carbonyl (C=O) groups excluding carboxylic acids is 1. The van der Waals surface area contributed by atoms with E-state index < -0.39 is 26.6 Å². The molecule has 8 nitrogen and oxygen atoms in total. The van der Waals surface area contributed by atoms with Crippen molar-refractivity contribution < 1.29 is 17.6 Å². The summed E-state index contributed by atoms with van der Waals surface area (Å²) in [6.45, 7) is 3.18. The summed E-state index contributed by atoms with van der Waals surface area (Å²) in [5.74, 6) is -0.393. The van der Waals surface area contributed by atoms with E-state index >= 15 is 0 Å². The van der Waals surface area contributed by atoms with Crippen LogP contribution in [0, 0.1) is 12.7 Å². The first kappa shape index (κ1) is 33.2. The molecule has 1 saturated carbocycles. The number of piperidine rings is 1. The smallest absolute Gasteiger partial charge is 0.253 e. The lowest BCUT2D eigenvalue weighted by Gasteiger charge is -2.45. The molecule has 48 heavy (non-hydrogen) atoms. The summed E-state index contributed by atoms with van der Waals surface area (Å²) in [5, 5.41) is 2.95. The van der Waals surface area contributed by atoms with E-state index in [4.69, 9.17) is 16.6 Å². The van der Waals surface area contributed by atoms with Crippen LogP contribution in [0.25, 0.3) is 11.0 Å². The van der Waals surface area contributed by atoms with E-state index in [9.17, 15) is 17.6 Å². The Hall–Kier alpha value is -3.31. The van der Waals surface area contributed by atoms with Crippen LogP contribution < -0.4 is 10.0 Å². The summed E-state index contributed by atoms with van der Waals surface area (Å²) in [6, 6.07) is 22.7. The fourth-order valence-corrected chi connectivity index (χ4v) is 9.91. The topological polar surface area (TPSA) is 96.3 Å². The van der Waals surface area contributed by atoms with E-state index in [0.717, 1.165) is 75.0 Å². The minimum Gasteiger partial charge on any atom is -0.349 e. The standard InChI is InChI=1S/C37H43ClFN5O3S/c1-24-41-33-10-6-7-11-34(33)44(24)29-20-27-12-13-28(21-29)43(27)19-18-37(25-8-4-3-5-9-25)16-14-26(15-17-37)42-36(45)30-22-35(48(46,47)40-2)32(39)23-31(30)38/h3-11,22-23,26-29,40H,12-21H2,1-2H3,(H,42,45)/t26?,27-,28+,29?,37?. The predicted octanol–water partition coefficient (Wildman–Crippen LogP) is 6.91. The highest BCUT2D eigenvalue weighted by atomic mass is 35.5. The number of amides is 1. The van der Waals surface area contributed by atoms with Gasteiger partial charge < -0.3 is 9.88 Å². The molecular weight excluding hydrogens is 649 g/mol. The van der Waals surface area contributed by atoms with E-state index in [1.165, 1.54) is 31.0 Å². The van der Waals surface area contributed by atoms with E-state index in [0.29, 0.717) is 18.1 Å². The number of fused-ring (bicyclic) bond motifs is 3. The van der Waals surface area contributed by atoms with Crippen LogP contribution in [-0.4, -0.2) is 60.5 Å². The summed E-state index contributed by atoms with van der Waals surface area (Å²) in [5.41, 5.74) is 3.61. The van der Waals surface area contributed by atoms with Crippen LogP contribution in [0.1, 0.15) is 85.6 Å². The van der Waals surface area contributed by atoms with Crippen molar-refractivity contribution in [2.45, 2.75) is 99.2 Å². The molecule has 7 rings (SSSR count). The zero-order valence-electron chi connectivity index (χ0n) is 27.5. The highest BCUT2D eigenvalue weighted by molar-refractivity contribution is 7.89. The third-order valence-electron chi connectivity index (χ3n) is 11.3. The lowest BCUT2D eigenvalue weighted by atomic mass is 9.66. The Kier molecular flexibility index (Phi) is 9.12. The summed E-state index contributed by atoms with van der Waals surface area (Å²) >= 11 is 6.22. The number of hydrogen-bond donors (Lipinski definition) is 2. The number of para-hydroxylation sites is 2. The fourth-order valence-electron chi connectivity index (χ4n) is 8.86. The first-order chi connectivity index (χ1) is 23.1. The molecule has 4 aromatic rings. The maximum atomic E-state index is 14.5. The molecule has 3 heterocycles. The summed E-state index contributed by atoms with van der Waals surface area (Å²) in [7, 11) is -2.90. The van der Waals surface area contributed by atoms with Gasteiger partial charge in [0.2, 0.25) is 10.0 Å². The number of carbonyl (C=O) groups is 1. The predicted molar refractivity (Wildman–Crippen MR) is 186 cm³/mol. The molecule has 2 N–H and O–H groups in total. The number of aromatic nitrogens is 2. The Morgan fingerprint density at radius 1 is 0.979 bits per heavy atom. The molecule has 254 valence electrons. The second kappa shape index (κ2) is 13.2. The Labute approximate surface area is 287 Å². The molecule has 11 heteroatoms. The van der Waals surface area contributed by atoms with Crippen LogP contribution in [0.3, 0.4) is 0 Å². The van der Waals surface area contributed by atoms with E-state index in [2.05, 4.69) is 81.0 Å². The normalized spacial score (nSPS) is 26.2. The molecule has 2 bridgehead atoms. The summed E-state index contributed by atoms with van der Waals surface area (Å²) in [4.78, 5) is 20.4. The van der Waals surface area contributed by atoms with Crippen molar-refractivity contribution in [2.24, 2.45) is 0 Å². The molecule has 1 aromatic heterocycles. The minimum atomic E-state index is -4.10. The van der Waals surface area contributed by atoms with Gasteiger partial charge in [-0.15, -0.1) is 0 Å². The number of aryl methyl sites for hydroxylation is 1. The van der Waals surface area contributed by atoms with Gasteiger partial charge in [-0.1, -0.05) is 54.1 Å². The van der Waals surface area contributed by atoms with Gasteiger partial charge in [-0.05, 0) is 114 Å². The molecule has 3 atom stereocenters. The van der Waals surface area contributed by atoms with Crippen LogP contribution in [0.2, 0.25) is 5.02 Å². The van der Waals surface area contributed by atoms with Crippen LogP contribution in [0.5, 0.6) is 0 Å². The number of nitrogens with zero attached hydrogens (tertiary/aromatic N) is 3. The average molecular weight is 692 g/mol. The van der Waals surface area contributed by atoms with Gasteiger partial charge in [-0.2, -0.15) is 0 Å². The van der Waals surface area contributed by atoms with Gasteiger partial charge in [0.1, 0.15) is 16.5 Å². The number of rotatable bonds is 9. The third kappa shape index (κ3) is 6.17. The first-order valence-electron chi connectivity index (χ1n) is 17.1. The van der Waals surface area contributed by atoms with Crippen molar-refractivity contribution in [2.75, 3.05) is 13.6 Å². The van der Waals surface area contributed by atoms with Gasteiger partial charge >= 0.3 is 0 Å². The lowest BCUT2D eigenvalue weighted by molar-refractivity contribution is 0.0851.